The van der Waals surface area contributed by atoms with Gasteiger partial charge in [-0.05, 0) is 26.0 Å². The second kappa shape index (κ2) is 5.69. The molecule has 0 radical (unpaired) electrons. The SMILES string of the molecule is CC(C)N(CC(=O)O)S(=O)(=O)c1ccccc1Cl. The van der Waals surface area contributed by atoms with Crippen LogP contribution >= 0.6 is 11.6 Å². The number of carboxylic acids is 1. The highest BCUT2D eigenvalue weighted by Crippen LogP contribution is 2.25. The molecule has 1 rings (SSSR count). The molecule has 0 fully saturated rings. The summed E-state index contributed by atoms with van der Waals surface area (Å²) in [5, 5.41) is 8.85. The maximum Gasteiger partial charge on any atom is 0.318 e. The van der Waals surface area contributed by atoms with E-state index in [-0.39, 0.29) is 9.92 Å². The van der Waals surface area contributed by atoms with Gasteiger partial charge in [-0.25, -0.2) is 8.42 Å². The Morgan fingerprint density at radius 2 is 1.94 bits per heavy atom. The van der Waals surface area contributed by atoms with E-state index in [0.29, 0.717) is 0 Å². The van der Waals surface area contributed by atoms with Gasteiger partial charge >= 0.3 is 5.97 Å². The van der Waals surface area contributed by atoms with Crippen LogP contribution in [0.15, 0.2) is 29.2 Å². The van der Waals surface area contributed by atoms with Crippen LogP contribution in [0.5, 0.6) is 0 Å². The van der Waals surface area contributed by atoms with Crippen LogP contribution in [0.25, 0.3) is 0 Å². The first-order valence-corrected chi connectivity index (χ1v) is 7.06. The van der Waals surface area contributed by atoms with Crippen LogP contribution in [-0.4, -0.2) is 36.4 Å². The second-order valence-electron chi connectivity index (χ2n) is 3.97. The van der Waals surface area contributed by atoms with Crippen LogP contribution in [0.3, 0.4) is 0 Å². The predicted molar refractivity (Wildman–Crippen MR) is 68.1 cm³/mol. The summed E-state index contributed by atoms with van der Waals surface area (Å²) >= 11 is 5.84. The summed E-state index contributed by atoms with van der Waals surface area (Å²) in [4.78, 5) is 10.7. The van der Waals surface area contributed by atoms with Gasteiger partial charge in [-0.1, -0.05) is 23.7 Å². The normalized spacial score (nSPS) is 12.1. The van der Waals surface area contributed by atoms with Gasteiger partial charge in [0, 0.05) is 6.04 Å². The Labute approximate surface area is 111 Å². The molecule has 1 aromatic carbocycles. The summed E-state index contributed by atoms with van der Waals surface area (Å²) in [7, 11) is -3.91. The summed E-state index contributed by atoms with van der Waals surface area (Å²) < 4.78 is 25.5. The van der Waals surface area contributed by atoms with Crippen molar-refractivity contribution >= 4 is 27.6 Å². The molecule has 5 nitrogen and oxygen atoms in total. The minimum Gasteiger partial charge on any atom is -0.480 e. The molecule has 0 heterocycles. The van der Waals surface area contributed by atoms with Crippen LogP contribution in [0.1, 0.15) is 13.8 Å². The lowest BCUT2D eigenvalue weighted by Crippen LogP contribution is -2.40. The maximum absolute atomic E-state index is 12.3. The minimum absolute atomic E-state index is 0.0774. The lowest BCUT2D eigenvalue weighted by atomic mass is 10.4. The second-order valence-corrected chi connectivity index (χ2v) is 6.23. The van der Waals surface area contributed by atoms with Crippen molar-refractivity contribution in [2.45, 2.75) is 24.8 Å². The molecule has 1 aromatic rings. The summed E-state index contributed by atoms with van der Waals surface area (Å²) in [5.41, 5.74) is 0. The number of sulfonamides is 1. The average molecular weight is 292 g/mol. The van der Waals surface area contributed by atoms with Crippen molar-refractivity contribution in [3.8, 4) is 0 Å². The molecule has 0 bridgehead atoms. The van der Waals surface area contributed by atoms with Gasteiger partial charge in [-0.15, -0.1) is 0 Å². The number of nitrogens with zero attached hydrogens (tertiary/aromatic N) is 1. The molecule has 0 aromatic heterocycles. The van der Waals surface area contributed by atoms with Gasteiger partial charge in [0.05, 0.1) is 5.02 Å². The van der Waals surface area contributed by atoms with Crippen molar-refractivity contribution in [1.29, 1.82) is 0 Å². The zero-order valence-corrected chi connectivity index (χ0v) is 11.6. The van der Waals surface area contributed by atoms with E-state index < -0.39 is 28.6 Å². The number of hydrogen-bond acceptors (Lipinski definition) is 3. The van der Waals surface area contributed by atoms with Crippen LogP contribution < -0.4 is 0 Å². The number of hydrogen-bond donors (Lipinski definition) is 1. The molecule has 0 saturated carbocycles. The fourth-order valence-electron chi connectivity index (χ4n) is 1.46. The molecule has 100 valence electrons. The van der Waals surface area contributed by atoms with Crippen molar-refractivity contribution < 1.29 is 18.3 Å². The Morgan fingerprint density at radius 3 is 2.39 bits per heavy atom. The van der Waals surface area contributed by atoms with Crippen molar-refractivity contribution in [2.75, 3.05) is 6.54 Å². The van der Waals surface area contributed by atoms with Crippen molar-refractivity contribution in [1.82, 2.24) is 4.31 Å². The minimum atomic E-state index is -3.91. The van der Waals surface area contributed by atoms with Crippen molar-refractivity contribution in [3.05, 3.63) is 29.3 Å². The third-order valence-electron chi connectivity index (χ3n) is 2.29. The van der Waals surface area contributed by atoms with E-state index in [1.807, 2.05) is 0 Å². The fourth-order valence-corrected chi connectivity index (χ4v) is 3.54. The predicted octanol–water partition coefficient (Wildman–Crippen LogP) is 1.82. The quantitative estimate of drug-likeness (QED) is 0.898. The molecule has 1 N–H and O–H groups in total. The van der Waals surface area contributed by atoms with Gasteiger partial charge in [0.15, 0.2) is 0 Å². The van der Waals surface area contributed by atoms with E-state index in [2.05, 4.69) is 0 Å². The molecule has 0 aliphatic carbocycles. The van der Waals surface area contributed by atoms with E-state index in [1.165, 1.54) is 18.2 Å². The summed E-state index contributed by atoms with van der Waals surface area (Å²) in [6.45, 7) is 2.62. The van der Waals surface area contributed by atoms with E-state index in [4.69, 9.17) is 16.7 Å². The largest absolute Gasteiger partial charge is 0.480 e. The van der Waals surface area contributed by atoms with Crippen LogP contribution in [0.4, 0.5) is 0 Å². The van der Waals surface area contributed by atoms with Crippen molar-refractivity contribution in [3.63, 3.8) is 0 Å². The van der Waals surface area contributed by atoms with Crippen molar-refractivity contribution in [2.24, 2.45) is 0 Å². The summed E-state index contributed by atoms with van der Waals surface area (Å²) in [6.07, 6.45) is 0. The van der Waals surface area contributed by atoms with Gasteiger partial charge in [0.1, 0.15) is 11.4 Å². The Hall–Kier alpha value is -1.11. The Morgan fingerprint density at radius 1 is 1.39 bits per heavy atom. The molecular weight excluding hydrogens is 278 g/mol. The standard InChI is InChI=1S/C11H14ClNO4S/c1-8(2)13(7-11(14)15)18(16,17)10-6-4-3-5-9(10)12/h3-6,8H,7H2,1-2H3,(H,14,15). The van der Waals surface area contributed by atoms with E-state index in [1.54, 1.807) is 19.9 Å². The molecule has 0 aliphatic rings. The van der Waals surface area contributed by atoms with Crippen LogP contribution in [-0.2, 0) is 14.8 Å². The molecule has 0 amide bonds. The molecule has 18 heavy (non-hydrogen) atoms. The highest BCUT2D eigenvalue weighted by atomic mass is 35.5. The van der Waals surface area contributed by atoms with E-state index in [0.717, 1.165) is 4.31 Å². The Kier molecular flexibility index (Phi) is 4.72. The van der Waals surface area contributed by atoms with E-state index in [9.17, 15) is 13.2 Å². The highest BCUT2D eigenvalue weighted by molar-refractivity contribution is 7.89. The summed E-state index contributed by atoms with van der Waals surface area (Å²) in [5.74, 6) is -1.21. The van der Waals surface area contributed by atoms with Gasteiger partial charge in [0.25, 0.3) is 0 Å². The maximum atomic E-state index is 12.3. The fraction of sp³-hybridized carbons (Fsp3) is 0.364. The molecule has 0 atom stereocenters. The Balaban J connectivity index is 3.26. The lowest BCUT2D eigenvalue weighted by molar-refractivity contribution is -0.137. The molecule has 0 unspecified atom stereocenters. The Bertz CT molecular complexity index is 542. The van der Waals surface area contributed by atoms with Gasteiger partial charge in [-0.3, -0.25) is 4.79 Å². The first-order chi connectivity index (χ1) is 8.26. The number of carboxylic acid groups (broad SMARTS) is 1. The summed E-state index contributed by atoms with van der Waals surface area (Å²) in [6, 6.07) is 5.49. The monoisotopic (exact) mass is 291 g/mol. The third-order valence-corrected chi connectivity index (χ3v) is 4.81. The molecule has 7 heteroatoms. The zero-order valence-electron chi connectivity index (χ0n) is 10.00. The zero-order chi connectivity index (χ0) is 13.9. The molecule has 0 saturated heterocycles. The first kappa shape index (κ1) is 14.9. The smallest absolute Gasteiger partial charge is 0.318 e. The van der Waals surface area contributed by atoms with Crippen LogP contribution in [0.2, 0.25) is 5.02 Å². The number of halogens is 1. The topological polar surface area (TPSA) is 74.7 Å². The molecule has 0 spiro atoms. The third kappa shape index (κ3) is 3.22. The van der Waals surface area contributed by atoms with Gasteiger partial charge in [-0.2, -0.15) is 4.31 Å². The number of carbonyl (C=O) groups is 1. The van der Waals surface area contributed by atoms with Gasteiger partial charge in [0.2, 0.25) is 10.0 Å². The first-order valence-electron chi connectivity index (χ1n) is 5.25. The lowest BCUT2D eigenvalue weighted by Gasteiger charge is -2.24. The van der Waals surface area contributed by atoms with E-state index >= 15 is 0 Å². The van der Waals surface area contributed by atoms with Crippen LogP contribution in [0, 0.1) is 0 Å². The highest BCUT2D eigenvalue weighted by Gasteiger charge is 2.30. The van der Waals surface area contributed by atoms with Gasteiger partial charge < -0.3 is 5.11 Å². The molecular formula is C11H14ClNO4S. The molecule has 0 aliphatic heterocycles. The number of rotatable bonds is 5. The number of aliphatic carboxylic acids is 1. The number of benzene rings is 1. The average Bonchev–Trinajstić information content (AvgIpc) is 2.25.